The number of halogens is 2. The summed E-state index contributed by atoms with van der Waals surface area (Å²) in [5.41, 5.74) is 4.44. The first-order valence-electron chi connectivity index (χ1n) is 10.6. The number of aryl methyl sites for hydroxylation is 1. The fourth-order valence-electron chi connectivity index (χ4n) is 3.92. The highest BCUT2D eigenvalue weighted by Gasteiger charge is 2.17. The van der Waals surface area contributed by atoms with E-state index in [1.165, 1.54) is 0 Å². The number of benzene rings is 2. The highest BCUT2D eigenvalue weighted by atomic mass is 35.5. The number of carbonyl (C=O) groups excluding carboxylic acids is 1. The average molecular weight is 491 g/mol. The molecule has 34 heavy (non-hydrogen) atoms. The van der Waals surface area contributed by atoms with Gasteiger partial charge in [-0.2, -0.15) is 10.2 Å². The third-order valence-corrected chi connectivity index (χ3v) is 6.10. The number of hydrogen-bond acceptors (Lipinski definition) is 4. The Hall–Kier alpha value is -3.68. The second kappa shape index (κ2) is 9.29. The fraction of sp³-hybridized carbons (Fsp3) is 0.120. The third kappa shape index (κ3) is 4.40. The maximum absolute atomic E-state index is 12.8. The maximum atomic E-state index is 12.8. The molecule has 2 aromatic carbocycles. The zero-order chi connectivity index (χ0) is 23.7. The van der Waals surface area contributed by atoms with Crippen molar-refractivity contribution >= 4 is 46.0 Å². The Bertz CT molecular complexity index is 1490. The highest BCUT2D eigenvalue weighted by Crippen LogP contribution is 2.29. The van der Waals surface area contributed by atoms with Gasteiger partial charge in [0.1, 0.15) is 11.6 Å². The molecule has 0 aliphatic rings. The van der Waals surface area contributed by atoms with Crippen molar-refractivity contribution in [3.05, 3.63) is 94.4 Å². The number of rotatable bonds is 6. The molecule has 3 heterocycles. The molecule has 0 saturated heterocycles. The van der Waals surface area contributed by atoms with E-state index in [1.54, 1.807) is 21.8 Å². The zero-order valence-corrected chi connectivity index (χ0v) is 19.8. The van der Waals surface area contributed by atoms with Gasteiger partial charge in [-0.25, -0.2) is 9.67 Å². The Morgan fingerprint density at radius 2 is 1.74 bits per heavy atom. The van der Waals surface area contributed by atoms with Crippen LogP contribution >= 0.6 is 23.2 Å². The molecule has 0 aliphatic heterocycles. The quantitative estimate of drug-likeness (QED) is 0.336. The summed E-state index contributed by atoms with van der Waals surface area (Å²) in [6.45, 7) is 2.33. The van der Waals surface area contributed by atoms with Crippen molar-refractivity contribution < 1.29 is 4.79 Å². The normalized spacial score (nSPS) is 11.1. The second-order valence-electron chi connectivity index (χ2n) is 7.83. The number of hydrogen-bond donors (Lipinski definition) is 1. The predicted molar refractivity (Wildman–Crippen MR) is 134 cm³/mol. The summed E-state index contributed by atoms with van der Waals surface area (Å²) >= 11 is 12.6. The fourth-order valence-corrected chi connectivity index (χ4v) is 4.31. The Morgan fingerprint density at radius 3 is 2.53 bits per heavy atom. The van der Waals surface area contributed by atoms with Gasteiger partial charge in [0.05, 0.1) is 12.2 Å². The standard InChI is InChI=1S/C25H20Cl2N6O/c1-16-23-19(17-7-3-2-4-8-17)11-12-28-25(23)33(30-16)15-22(34)29-24-21(27)14-32(31-24)13-18-9-5-6-10-20(18)26/h2-12,14H,13,15H2,1H3,(H,29,31,34). The molecule has 1 N–H and O–H groups in total. The van der Waals surface area contributed by atoms with Gasteiger partial charge in [0, 0.05) is 22.8 Å². The molecule has 1 amide bonds. The van der Waals surface area contributed by atoms with Crippen LogP contribution in [0.15, 0.2) is 73.1 Å². The molecule has 0 saturated carbocycles. The van der Waals surface area contributed by atoms with Crippen LogP contribution in [0.2, 0.25) is 10.0 Å². The van der Waals surface area contributed by atoms with E-state index in [1.807, 2.05) is 67.6 Å². The molecule has 0 fully saturated rings. The van der Waals surface area contributed by atoms with Crippen molar-refractivity contribution in [1.82, 2.24) is 24.5 Å². The number of nitrogens with one attached hydrogen (secondary N) is 1. The number of fused-ring (bicyclic) bond motifs is 1. The lowest BCUT2D eigenvalue weighted by atomic mass is 10.0. The van der Waals surface area contributed by atoms with E-state index in [4.69, 9.17) is 23.2 Å². The first kappa shape index (κ1) is 22.1. The van der Waals surface area contributed by atoms with E-state index in [-0.39, 0.29) is 18.3 Å². The van der Waals surface area contributed by atoms with Crippen LogP contribution in [-0.4, -0.2) is 30.5 Å². The lowest BCUT2D eigenvalue weighted by Gasteiger charge is -2.06. The Morgan fingerprint density at radius 1 is 0.971 bits per heavy atom. The first-order chi connectivity index (χ1) is 16.5. The van der Waals surface area contributed by atoms with E-state index >= 15 is 0 Å². The Labute approximate surface area is 205 Å². The molecule has 7 nitrogen and oxygen atoms in total. The number of aromatic nitrogens is 5. The van der Waals surface area contributed by atoms with E-state index < -0.39 is 0 Å². The molecule has 0 aliphatic carbocycles. The van der Waals surface area contributed by atoms with E-state index in [0.717, 1.165) is 27.8 Å². The second-order valence-corrected chi connectivity index (χ2v) is 8.64. The van der Waals surface area contributed by atoms with Gasteiger partial charge in [0.15, 0.2) is 11.5 Å². The zero-order valence-electron chi connectivity index (χ0n) is 18.2. The average Bonchev–Trinajstić information content (AvgIpc) is 3.34. The Balaban J connectivity index is 1.36. The van der Waals surface area contributed by atoms with Crippen LogP contribution < -0.4 is 5.32 Å². The summed E-state index contributed by atoms with van der Waals surface area (Å²) in [5.74, 6) is -0.0222. The van der Waals surface area contributed by atoms with E-state index in [9.17, 15) is 4.79 Å². The van der Waals surface area contributed by atoms with Crippen LogP contribution in [0, 0.1) is 6.92 Å². The van der Waals surface area contributed by atoms with Crippen molar-refractivity contribution in [2.75, 3.05) is 5.32 Å². The van der Waals surface area contributed by atoms with Gasteiger partial charge in [-0.1, -0.05) is 71.7 Å². The molecule has 0 spiro atoms. The van der Waals surface area contributed by atoms with Gasteiger partial charge in [-0.3, -0.25) is 9.48 Å². The Kier molecular flexibility index (Phi) is 6.04. The van der Waals surface area contributed by atoms with Gasteiger partial charge >= 0.3 is 0 Å². The van der Waals surface area contributed by atoms with Crippen molar-refractivity contribution in [3.63, 3.8) is 0 Å². The summed E-state index contributed by atoms with van der Waals surface area (Å²) in [6, 6.07) is 19.5. The summed E-state index contributed by atoms with van der Waals surface area (Å²) in [4.78, 5) is 17.3. The number of anilines is 1. The summed E-state index contributed by atoms with van der Waals surface area (Å²) in [5, 5.41) is 13.6. The van der Waals surface area contributed by atoms with E-state index in [2.05, 4.69) is 20.5 Å². The molecule has 0 bridgehead atoms. The molecule has 5 aromatic rings. The summed E-state index contributed by atoms with van der Waals surface area (Å²) in [7, 11) is 0. The maximum Gasteiger partial charge on any atom is 0.247 e. The van der Waals surface area contributed by atoms with Crippen molar-refractivity contribution in [1.29, 1.82) is 0 Å². The predicted octanol–water partition coefficient (Wildman–Crippen LogP) is 5.60. The molecule has 0 atom stereocenters. The van der Waals surface area contributed by atoms with Crippen LogP contribution in [0.1, 0.15) is 11.3 Å². The minimum absolute atomic E-state index is 0.0245. The van der Waals surface area contributed by atoms with Crippen molar-refractivity contribution in [2.24, 2.45) is 0 Å². The van der Waals surface area contributed by atoms with Crippen LogP contribution in [0.25, 0.3) is 22.2 Å². The topological polar surface area (TPSA) is 77.6 Å². The molecular weight excluding hydrogens is 471 g/mol. The highest BCUT2D eigenvalue weighted by molar-refractivity contribution is 6.33. The summed E-state index contributed by atoms with van der Waals surface area (Å²) in [6.07, 6.45) is 3.38. The molecular formula is C25H20Cl2N6O. The van der Waals surface area contributed by atoms with Crippen LogP contribution in [0.4, 0.5) is 5.82 Å². The number of carbonyl (C=O) groups is 1. The third-order valence-electron chi connectivity index (χ3n) is 5.45. The van der Waals surface area contributed by atoms with Gasteiger partial charge in [0.25, 0.3) is 0 Å². The van der Waals surface area contributed by atoms with Crippen LogP contribution in [0.3, 0.4) is 0 Å². The van der Waals surface area contributed by atoms with Gasteiger partial charge < -0.3 is 5.32 Å². The van der Waals surface area contributed by atoms with Crippen LogP contribution in [-0.2, 0) is 17.9 Å². The molecule has 170 valence electrons. The number of nitrogens with zero attached hydrogens (tertiary/aromatic N) is 5. The smallest absolute Gasteiger partial charge is 0.247 e. The molecule has 5 rings (SSSR count). The molecule has 0 radical (unpaired) electrons. The molecule has 9 heteroatoms. The summed E-state index contributed by atoms with van der Waals surface area (Å²) < 4.78 is 3.24. The van der Waals surface area contributed by atoms with Gasteiger partial charge in [-0.05, 0) is 35.7 Å². The van der Waals surface area contributed by atoms with Crippen molar-refractivity contribution in [2.45, 2.75) is 20.0 Å². The SMILES string of the molecule is Cc1nn(CC(=O)Nc2nn(Cc3ccccc3Cl)cc2Cl)c2nccc(-c3ccccc3)c12. The van der Waals surface area contributed by atoms with Crippen molar-refractivity contribution in [3.8, 4) is 11.1 Å². The monoisotopic (exact) mass is 490 g/mol. The lowest BCUT2D eigenvalue weighted by Crippen LogP contribution is -2.20. The van der Waals surface area contributed by atoms with Gasteiger partial charge in [-0.15, -0.1) is 0 Å². The lowest BCUT2D eigenvalue weighted by molar-refractivity contribution is -0.116. The number of amides is 1. The van der Waals surface area contributed by atoms with Crippen LogP contribution in [0.5, 0.6) is 0 Å². The molecule has 0 unspecified atom stereocenters. The largest absolute Gasteiger partial charge is 0.306 e. The minimum atomic E-state index is -0.304. The number of pyridine rings is 1. The first-order valence-corrected chi connectivity index (χ1v) is 11.4. The minimum Gasteiger partial charge on any atom is -0.306 e. The van der Waals surface area contributed by atoms with Gasteiger partial charge in [0.2, 0.25) is 5.91 Å². The van der Waals surface area contributed by atoms with E-state index in [0.29, 0.717) is 22.2 Å². The molecule has 3 aromatic heterocycles.